The third-order valence-corrected chi connectivity index (χ3v) is 6.07. The smallest absolute Gasteiger partial charge is 0.417 e. The van der Waals surface area contributed by atoms with Crippen LogP contribution in [0.2, 0.25) is 0 Å². The van der Waals surface area contributed by atoms with E-state index in [-0.39, 0.29) is 28.2 Å². The summed E-state index contributed by atoms with van der Waals surface area (Å²) >= 11 is 2.88. The van der Waals surface area contributed by atoms with Gasteiger partial charge in [0.05, 0.1) is 10.9 Å². The molecule has 0 radical (unpaired) electrons. The van der Waals surface area contributed by atoms with Crippen LogP contribution < -0.4 is 15.8 Å². The number of nitrogens with one attached hydrogen (secondary N) is 1. The van der Waals surface area contributed by atoms with Gasteiger partial charge < -0.3 is 15.8 Å². The first kappa shape index (κ1) is 25.1. The van der Waals surface area contributed by atoms with Crippen molar-refractivity contribution < 1.29 is 22.7 Å². The maximum absolute atomic E-state index is 13.2. The van der Waals surface area contributed by atoms with Crippen molar-refractivity contribution in [3.05, 3.63) is 83.2 Å². The molecule has 13 heteroatoms. The summed E-state index contributed by atoms with van der Waals surface area (Å²) in [5.41, 5.74) is 6.41. The second-order valence-electron chi connectivity index (χ2n) is 8.00. The van der Waals surface area contributed by atoms with Crippen LogP contribution in [0.1, 0.15) is 5.56 Å². The van der Waals surface area contributed by atoms with Crippen LogP contribution in [0.4, 0.5) is 24.7 Å². The van der Waals surface area contributed by atoms with E-state index in [0.717, 1.165) is 6.07 Å². The van der Waals surface area contributed by atoms with Crippen molar-refractivity contribution in [2.75, 3.05) is 11.1 Å². The van der Waals surface area contributed by atoms with E-state index in [1.54, 1.807) is 24.3 Å². The molecule has 0 aliphatic rings. The van der Waals surface area contributed by atoms with Gasteiger partial charge >= 0.3 is 6.18 Å². The Bertz CT molecular complexity index is 1620. The van der Waals surface area contributed by atoms with Crippen molar-refractivity contribution in [2.24, 2.45) is 0 Å². The summed E-state index contributed by atoms with van der Waals surface area (Å²) in [6.07, 6.45) is -1.81. The lowest BCUT2D eigenvalue weighted by atomic mass is 10.1. The van der Waals surface area contributed by atoms with E-state index in [1.165, 1.54) is 29.3 Å². The zero-order chi connectivity index (χ0) is 26.9. The van der Waals surface area contributed by atoms with E-state index in [1.807, 2.05) is 18.2 Å². The Balaban J connectivity index is 1.41. The highest BCUT2D eigenvalue weighted by molar-refractivity contribution is 9.10. The molecule has 0 unspecified atom stereocenters. The second-order valence-corrected chi connectivity index (χ2v) is 8.86. The van der Waals surface area contributed by atoms with Crippen LogP contribution in [0.5, 0.6) is 11.6 Å². The Morgan fingerprint density at radius 3 is 2.55 bits per heavy atom. The quantitative estimate of drug-likeness (QED) is 0.263. The lowest BCUT2D eigenvalue weighted by molar-refractivity contribution is -0.138. The van der Waals surface area contributed by atoms with Crippen molar-refractivity contribution in [1.29, 1.82) is 0 Å². The van der Waals surface area contributed by atoms with Gasteiger partial charge in [0.1, 0.15) is 30.1 Å². The summed E-state index contributed by atoms with van der Waals surface area (Å²) in [6, 6.07) is 15.9. The van der Waals surface area contributed by atoms with Gasteiger partial charge in [-0.1, -0.05) is 34.1 Å². The van der Waals surface area contributed by atoms with Crippen LogP contribution in [0.15, 0.2) is 77.7 Å². The minimum atomic E-state index is -4.59. The number of anilines is 2. The number of para-hydroxylation sites is 1. The summed E-state index contributed by atoms with van der Waals surface area (Å²) in [6.45, 7) is -0.340. The monoisotopic (exact) mass is 583 g/mol. The number of alkyl halides is 3. The minimum Gasteiger partial charge on any atom is -0.439 e. The molecule has 1 amide bonds. The number of hydrogen-bond donors (Lipinski definition) is 2. The third-order valence-electron chi connectivity index (χ3n) is 5.38. The van der Waals surface area contributed by atoms with Crippen molar-refractivity contribution in [3.8, 4) is 22.9 Å². The molecule has 192 valence electrons. The lowest BCUT2D eigenvalue weighted by Crippen LogP contribution is -2.20. The fourth-order valence-electron chi connectivity index (χ4n) is 3.69. The van der Waals surface area contributed by atoms with Gasteiger partial charge in [-0.15, -0.1) is 0 Å². The Labute approximate surface area is 221 Å². The number of carbonyl (C=O) groups is 1. The van der Waals surface area contributed by atoms with Gasteiger partial charge in [0.15, 0.2) is 5.65 Å². The average Bonchev–Trinajstić information content (AvgIpc) is 3.25. The number of halogens is 4. The molecular formula is C25H17BrF3N7O2. The number of carbonyl (C=O) groups excluding carboxylic acids is 1. The van der Waals surface area contributed by atoms with Crippen molar-refractivity contribution in [1.82, 2.24) is 24.7 Å². The first-order valence-corrected chi connectivity index (χ1v) is 11.8. The summed E-state index contributed by atoms with van der Waals surface area (Å²) in [5.74, 6) is 0.515. The van der Waals surface area contributed by atoms with Gasteiger partial charge in [-0.3, -0.25) is 4.79 Å². The molecule has 0 saturated carbocycles. The van der Waals surface area contributed by atoms with E-state index < -0.39 is 17.6 Å². The van der Waals surface area contributed by atoms with Crippen molar-refractivity contribution >= 4 is 44.4 Å². The predicted octanol–water partition coefficient (Wildman–Crippen LogP) is 5.68. The number of benzene rings is 2. The molecule has 2 aromatic carbocycles. The van der Waals surface area contributed by atoms with E-state index in [9.17, 15) is 18.0 Å². The predicted molar refractivity (Wildman–Crippen MR) is 137 cm³/mol. The number of ether oxygens (including phenoxy) is 1. The van der Waals surface area contributed by atoms with Gasteiger partial charge in [-0.2, -0.15) is 18.3 Å². The average molecular weight is 584 g/mol. The Morgan fingerprint density at radius 2 is 1.84 bits per heavy atom. The normalized spacial score (nSPS) is 11.5. The maximum Gasteiger partial charge on any atom is 0.417 e. The Kier molecular flexibility index (Phi) is 6.68. The fourth-order valence-corrected chi connectivity index (χ4v) is 4.16. The molecule has 3 aromatic heterocycles. The molecule has 38 heavy (non-hydrogen) atoms. The molecule has 3 N–H and O–H groups in total. The van der Waals surface area contributed by atoms with Crippen molar-refractivity contribution in [3.63, 3.8) is 0 Å². The number of nitrogens with zero attached hydrogens (tertiary/aromatic N) is 5. The van der Waals surface area contributed by atoms with Gasteiger partial charge in [0, 0.05) is 28.0 Å². The molecule has 0 fully saturated rings. The minimum absolute atomic E-state index is 0.0189. The number of nitrogens with two attached hydrogens (primary N) is 1. The highest BCUT2D eigenvalue weighted by atomic mass is 79.9. The van der Waals surface area contributed by atoms with Crippen LogP contribution in [-0.4, -0.2) is 30.6 Å². The number of rotatable bonds is 6. The van der Waals surface area contributed by atoms with Gasteiger partial charge in [-0.25, -0.2) is 19.6 Å². The fraction of sp³-hybridized carbons (Fsp3) is 0.0800. The second kappa shape index (κ2) is 10.1. The van der Waals surface area contributed by atoms with Gasteiger partial charge in [-0.05, 0) is 36.4 Å². The molecule has 5 aromatic rings. The zero-order valence-electron chi connectivity index (χ0n) is 19.3. The largest absolute Gasteiger partial charge is 0.439 e. The molecule has 0 saturated heterocycles. The number of fused-ring (bicyclic) bond motifs is 1. The summed E-state index contributed by atoms with van der Waals surface area (Å²) in [5, 5.41) is 7.36. The van der Waals surface area contributed by atoms with E-state index >= 15 is 0 Å². The topological polar surface area (TPSA) is 121 Å². The van der Waals surface area contributed by atoms with Crippen LogP contribution in [0.3, 0.4) is 0 Å². The van der Waals surface area contributed by atoms with Gasteiger partial charge in [0.2, 0.25) is 11.8 Å². The number of nitrogen functional groups attached to an aromatic ring is 1. The number of hydrogen-bond acceptors (Lipinski definition) is 7. The van der Waals surface area contributed by atoms with Gasteiger partial charge in [0.25, 0.3) is 0 Å². The molecule has 5 rings (SSSR count). The number of amides is 1. The highest BCUT2D eigenvalue weighted by Crippen LogP contribution is 2.36. The van der Waals surface area contributed by atoms with E-state index in [4.69, 9.17) is 10.5 Å². The number of pyridine rings is 1. The lowest BCUT2D eigenvalue weighted by Gasteiger charge is -2.12. The first-order chi connectivity index (χ1) is 18.2. The Morgan fingerprint density at radius 1 is 1.05 bits per heavy atom. The molecule has 0 aliphatic heterocycles. The molecule has 9 nitrogen and oxygen atoms in total. The molecule has 0 spiro atoms. The highest BCUT2D eigenvalue weighted by Gasteiger charge is 2.33. The summed E-state index contributed by atoms with van der Waals surface area (Å²) in [7, 11) is 0. The summed E-state index contributed by atoms with van der Waals surface area (Å²) < 4.78 is 46.6. The zero-order valence-corrected chi connectivity index (χ0v) is 20.9. The van der Waals surface area contributed by atoms with Crippen molar-refractivity contribution in [2.45, 2.75) is 12.7 Å². The van der Waals surface area contributed by atoms with Crippen LogP contribution in [-0.2, 0) is 17.5 Å². The third kappa shape index (κ3) is 5.27. The van der Waals surface area contributed by atoms with Crippen LogP contribution >= 0.6 is 15.9 Å². The molecule has 3 heterocycles. The van der Waals surface area contributed by atoms with E-state index in [2.05, 4.69) is 41.3 Å². The molecule has 0 aliphatic carbocycles. The molecular weight excluding hydrogens is 567 g/mol. The van der Waals surface area contributed by atoms with Crippen LogP contribution in [0, 0.1) is 0 Å². The standard InChI is InChI=1S/C25H17BrF3N7O2/c26-18-8-7-15(10-17(18)25(27,28)29)34-19(37)12-36-24-21(23(30)32-13-33-24)22(35-36)14-6-9-20(31-11-14)38-16-4-2-1-3-5-16/h1-11,13H,12H2,(H,34,37)(H2,30,32,33). The number of aromatic nitrogens is 5. The summed E-state index contributed by atoms with van der Waals surface area (Å²) in [4.78, 5) is 25.3. The molecule has 0 bridgehead atoms. The van der Waals surface area contributed by atoms with E-state index in [0.29, 0.717) is 28.3 Å². The maximum atomic E-state index is 13.2. The SMILES string of the molecule is Nc1ncnc2c1c(-c1ccc(Oc3ccccc3)nc1)nn2CC(=O)Nc1ccc(Br)c(C(F)(F)F)c1. The Hall–Kier alpha value is -4.52. The first-order valence-electron chi connectivity index (χ1n) is 11.0. The molecule has 0 atom stereocenters. The van der Waals surface area contributed by atoms with Crippen LogP contribution in [0.25, 0.3) is 22.3 Å².